The third-order valence-electron chi connectivity index (χ3n) is 3.74. The molecule has 1 atom stereocenters. The van der Waals surface area contributed by atoms with Crippen LogP contribution < -0.4 is 5.32 Å². The molecular weight excluding hydrogens is 282 g/mol. The molecule has 1 aliphatic carbocycles. The number of nitrogens with one attached hydrogen (secondary N) is 1. The van der Waals surface area contributed by atoms with E-state index in [9.17, 15) is 9.59 Å². The second-order valence-electron chi connectivity index (χ2n) is 5.62. The van der Waals surface area contributed by atoms with E-state index in [4.69, 9.17) is 9.47 Å². The van der Waals surface area contributed by atoms with Crippen molar-refractivity contribution in [2.75, 3.05) is 0 Å². The van der Waals surface area contributed by atoms with Crippen LogP contribution >= 0.6 is 0 Å². The number of benzene rings is 1. The van der Waals surface area contributed by atoms with Gasteiger partial charge in [0.1, 0.15) is 18.8 Å². The first-order valence-corrected chi connectivity index (χ1v) is 7.83. The van der Waals surface area contributed by atoms with E-state index in [0.29, 0.717) is 0 Å². The van der Waals surface area contributed by atoms with Crippen molar-refractivity contribution < 1.29 is 19.1 Å². The molecule has 5 nitrogen and oxygen atoms in total. The van der Waals surface area contributed by atoms with Crippen LogP contribution in [0.3, 0.4) is 0 Å². The summed E-state index contributed by atoms with van der Waals surface area (Å²) >= 11 is 0. The molecular formula is C17H23NO4. The average Bonchev–Trinajstić information content (AvgIpc) is 2.55. The summed E-state index contributed by atoms with van der Waals surface area (Å²) in [6.07, 6.45) is 4.60. The molecule has 5 heteroatoms. The molecule has 0 radical (unpaired) electrons. The monoisotopic (exact) mass is 305 g/mol. The normalized spacial score (nSPS) is 16.6. The van der Waals surface area contributed by atoms with E-state index in [2.05, 4.69) is 5.32 Å². The highest BCUT2D eigenvalue weighted by atomic mass is 16.6. The maximum absolute atomic E-state index is 11.9. The van der Waals surface area contributed by atoms with E-state index < -0.39 is 18.1 Å². The largest absolute Gasteiger partial charge is 0.461 e. The van der Waals surface area contributed by atoms with E-state index in [-0.39, 0.29) is 12.7 Å². The van der Waals surface area contributed by atoms with Gasteiger partial charge < -0.3 is 14.8 Å². The Kier molecular flexibility index (Phi) is 6.25. The number of hydrogen-bond acceptors (Lipinski definition) is 4. The lowest BCUT2D eigenvalue weighted by Crippen LogP contribution is -2.41. The minimum Gasteiger partial charge on any atom is -0.461 e. The number of esters is 1. The molecule has 2 rings (SSSR count). The first-order valence-electron chi connectivity index (χ1n) is 7.83. The standard InChI is InChI=1S/C17H23NO4/c1-13(16(19)22-15-10-6-3-7-11-15)18-17(20)21-12-14-8-4-2-5-9-14/h2,4-5,8-9,13,15H,3,6-7,10-12H2,1H3,(H,18,20)/t13-/m0/s1. The number of hydrogen-bond donors (Lipinski definition) is 1. The highest BCUT2D eigenvalue weighted by molar-refractivity contribution is 5.81. The van der Waals surface area contributed by atoms with Crippen molar-refractivity contribution in [3.05, 3.63) is 35.9 Å². The lowest BCUT2D eigenvalue weighted by Gasteiger charge is -2.23. The van der Waals surface area contributed by atoms with E-state index in [0.717, 1.165) is 31.2 Å². The van der Waals surface area contributed by atoms with Crippen molar-refractivity contribution in [2.45, 2.75) is 57.8 Å². The second kappa shape index (κ2) is 8.41. The molecule has 0 spiro atoms. The molecule has 22 heavy (non-hydrogen) atoms. The SMILES string of the molecule is C[C@H](NC(=O)OCc1ccccc1)C(=O)OC1CCCCC1. The van der Waals surface area contributed by atoms with Gasteiger partial charge in [0, 0.05) is 0 Å². The van der Waals surface area contributed by atoms with Crippen molar-refractivity contribution in [3.63, 3.8) is 0 Å². The summed E-state index contributed by atoms with van der Waals surface area (Å²) in [4.78, 5) is 23.6. The second-order valence-corrected chi connectivity index (χ2v) is 5.62. The van der Waals surface area contributed by atoms with Crippen LogP contribution in [0.4, 0.5) is 4.79 Å². The van der Waals surface area contributed by atoms with Gasteiger partial charge in [-0.25, -0.2) is 9.59 Å². The Balaban J connectivity index is 1.69. The fourth-order valence-electron chi connectivity index (χ4n) is 2.45. The van der Waals surface area contributed by atoms with E-state index in [1.807, 2.05) is 30.3 Å². The van der Waals surface area contributed by atoms with Crippen LogP contribution in [0.2, 0.25) is 0 Å². The van der Waals surface area contributed by atoms with Crippen molar-refractivity contribution in [1.29, 1.82) is 0 Å². The van der Waals surface area contributed by atoms with Crippen LogP contribution in [0.15, 0.2) is 30.3 Å². The van der Waals surface area contributed by atoms with Gasteiger partial charge in [0.15, 0.2) is 0 Å². The summed E-state index contributed by atoms with van der Waals surface area (Å²) in [5, 5.41) is 2.50. The average molecular weight is 305 g/mol. The fraction of sp³-hybridized carbons (Fsp3) is 0.529. The van der Waals surface area contributed by atoms with Gasteiger partial charge >= 0.3 is 12.1 Å². The number of alkyl carbamates (subject to hydrolysis) is 1. The van der Waals surface area contributed by atoms with Gasteiger partial charge in [-0.1, -0.05) is 36.8 Å². The molecule has 1 aliphatic rings. The molecule has 120 valence electrons. The summed E-state index contributed by atoms with van der Waals surface area (Å²) < 4.78 is 10.5. The molecule has 1 saturated carbocycles. The molecule has 1 amide bonds. The maximum Gasteiger partial charge on any atom is 0.408 e. The Morgan fingerprint density at radius 3 is 2.55 bits per heavy atom. The smallest absolute Gasteiger partial charge is 0.408 e. The number of amides is 1. The van der Waals surface area contributed by atoms with Crippen LogP contribution in [-0.2, 0) is 20.9 Å². The summed E-state index contributed by atoms with van der Waals surface area (Å²) in [7, 11) is 0. The maximum atomic E-state index is 11.9. The van der Waals surface area contributed by atoms with Crippen LogP contribution in [-0.4, -0.2) is 24.2 Å². The Morgan fingerprint density at radius 1 is 1.18 bits per heavy atom. The molecule has 0 bridgehead atoms. The zero-order valence-electron chi connectivity index (χ0n) is 12.9. The van der Waals surface area contributed by atoms with Crippen LogP contribution in [0.1, 0.15) is 44.6 Å². The predicted molar refractivity (Wildman–Crippen MR) is 82.2 cm³/mol. The van der Waals surface area contributed by atoms with Crippen LogP contribution in [0, 0.1) is 0 Å². The van der Waals surface area contributed by atoms with Gasteiger partial charge in [-0.05, 0) is 38.2 Å². The first-order chi connectivity index (χ1) is 10.6. The lowest BCUT2D eigenvalue weighted by atomic mass is 9.98. The summed E-state index contributed by atoms with van der Waals surface area (Å²) in [6, 6.07) is 8.68. The molecule has 1 fully saturated rings. The van der Waals surface area contributed by atoms with E-state index in [1.54, 1.807) is 6.92 Å². The van der Waals surface area contributed by atoms with Gasteiger partial charge in [-0.15, -0.1) is 0 Å². The van der Waals surface area contributed by atoms with Gasteiger partial charge in [0.2, 0.25) is 0 Å². The van der Waals surface area contributed by atoms with Crippen molar-refractivity contribution in [3.8, 4) is 0 Å². The van der Waals surface area contributed by atoms with E-state index in [1.165, 1.54) is 6.42 Å². The topological polar surface area (TPSA) is 64.6 Å². The summed E-state index contributed by atoms with van der Waals surface area (Å²) in [5.74, 6) is -0.399. The zero-order valence-corrected chi connectivity index (χ0v) is 12.9. The Labute approximate surface area is 131 Å². The van der Waals surface area contributed by atoms with Crippen LogP contribution in [0.25, 0.3) is 0 Å². The molecule has 1 aromatic rings. The Bertz CT molecular complexity index is 483. The number of carbonyl (C=O) groups is 2. The molecule has 0 unspecified atom stereocenters. The van der Waals surface area contributed by atoms with Crippen molar-refractivity contribution in [1.82, 2.24) is 5.32 Å². The Morgan fingerprint density at radius 2 is 1.86 bits per heavy atom. The third kappa shape index (κ3) is 5.39. The van der Waals surface area contributed by atoms with Gasteiger partial charge in [0.25, 0.3) is 0 Å². The molecule has 0 aromatic heterocycles. The lowest BCUT2D eigenvalue weighted by molar-refractivity contribution is -0.152. The predicted octanol–water partition coefficient (Wildman–Crippen LogP) is 3.18. The molecule has 1 aromatic carbocycles. The quantitative estimate of drug-likeness (QED) is 0.849. The highest BCUT2D eigenvalue weighted by Crippen LogP contribution is 2.20. The highest BCUT2D eigenvalue weighted by Gasteiger charge is 2.23. The number of carbonyl (C=O) groups excluding carboxylic acids is 2. The van der Waals surface area contributed by atoms with Gasteiger partial charge in [0.05, 0.1) is 0 Å². The van der Waals surface area contributed by atoms with Gasteiger partial charge in [-0.3, -0.25) is 0 Å². The fourth-order valence-corrected chi connectivity index (χ4v) is 2.45. The summed E-state index contributed by atoms with van der Waals surface area (Å²) in [5.41, 5.74) is 0.898. The molecule has 0 saturated heterocycles. The Hall–Kier alpha value is -2.04. The summed E-state index contributed by atoms with van der Waals surface area (Å²) in [6.45, 7) is 1.78. The first kappa shape index (κ1) is 16.3. The number of ether oxygens (including phenoxy) is 2. The number of rotatable bonds is 5. The minimum atomic E-state index is -0.704. The van der Waals surface area contributed by atoms with Crippen LogP contribution in [0.5, 0.6) is 0 Å². The minimum absolute atomic E-state index is 0.00848. The molecule has 0 aliphatic heterocycles. The molecule has 1 N–H and O–H groups in total. The zero-order chi connectivity index (χ0) is 15.8. The van der Waals surface area contributed by atoms with E-state index >= 15 is 0 Å². The van der Waals surface area contributed by atoms with Gasteiger partial charge in [-0.2, -0.15) is 0 Å². The third-order valence-corrected chi connectivity index (χ3v) is 3.74. The van der Waals surface area contributed by atoms with Crippen molar-refractivity contribution in [2.24, 2.45) is 0 Å². The molecule has 0 heterocycles. The van der Waals surface area contributed by atoms with Crippen molar-refractivity contribution >= 4 is 12.1 Å².